The van der Waals surface area contributed by atoms with Crippen molar-refractivity contribution >= 4 is 11.8 Å². The average molecular weight is 399 g/mol. The lowest BCUT2D eigenvalue weighted by Gasteiger charge is -2.37. The first-order valence-electron chi connectivity index (χ1n) is 10.1. The smallest absolute Gasteiger partial charge is 0.252 e. The fourth-order valence-electron chi connectivity index (χ4n) is 3.59. The first-order chi connectivity index (χ1) is 13.8. The average Bonchev–Trinajstić information content (AvgIpc) is 3.10. The molecular weight excluding hydrogens is 368 g/mol. The van der Waals surface area contributed by atoms with Gasteiger partial charge < -0.3 is 14.7 Å². The van der Waals surface area contributed by atoms with Crippen LogP contribution in [-0.4, -0.2) is 59.0 Å². The molecule has 2 heterocycles. The number of benzene rings is 1. The van der Waals surface area contributed by atoms with Gasteiger partial charge in [-0.3, -0.25) is 14.5 Å². The fraction of sp³-hybridized carbons (Fsp3) is 0.500. The lowest BCUT2D eigenvalue weighted by Crippen LogP contribution is -2.56. The van der Waals surface area contributed by atoms with Crippen LogP contribution in [0.1, 0.15) is 41.2 Å². The Balaban J connectivity index is 1.58. The van der Waals surface area contributed by atoms with Gasteiger partial charge in [0.2, 0.25) is 5.91 Å². The summed E-state index contributed by atoms with van der Waals surface area (Å²) in [6, 6.07) is 8.83. The summed E-state index contributed by atoms with van der Waals surface area (Å²) in [6.07, 6.45) is 0. The lowest BCUT2D eigenvalue weighted by molar-refractivity contribution is -0.136. The van der Waals surface area contributed by atoms with Crippen molar-refractivity contribution in [1.82, 2.24) is 20.3 Å². The Kier molecular flexibility index (Phi) is 6.69. The summed E-state index contributed by atoms with van der Waals surface area (Å²) in [5, 5.41) is 6.88. The third-order valence-electron chi connectivity index (χ3n) is 5.35. The Bertz CT molecular complexity index is 853. The van der Waals surface area contributed by atoms with Gasteiger partial charge in [0.1, 0.15) is 6.04 Å². The van der Waals surface area contributed by atoms with Crippen molar-refractivity contribution in [2.24, 2.45) is 5.92 Å². The van der Waals surface area contributed by atoms with E-state index in [1.165, 1.54) is 0 Å². The Morgan fingerprint density at radius 3 is 2.41 bits per heavy atom. The molecule has 1 atom stereocenters. The number of carbonyl (C=O) groups excluding carboxylic acids is 2. The molecule has 1 aromatic heterocycles. The molecule has 7 nitrogen and oxygen atoms in total. The molecular formula is C22H30N4O3. The summed E-state index contributed by atoms with van der Waals surface area (Å²) in [7, 11) is 0. The zero-order valence-corrected chi connectivity index (χ0v) is 17.6. The third kappa shape index (κ3) is 5.23. The third-order valence-corrected chi connectivity index (χ3v) is 5.35. The maximum atomic E-state index is 13.1. The summed E-state index contributed by atoms with van der Waals surface area (Å²) < 4.78 is 5.29. The number of aromatic nitrogens is 1. The van der Waals surface area contributed by atoms with E-state index in [1.807, 2.05) is 56.9 Å². The van der Waals surface area contributed by atoms with Crippen LogP contribution in [0.15, 0.2) is 34.9 Å². The molecule has 156 valence electrons. The molecule has 1 saturated heterocycles. The van der Waals surface area contributed by atoms with Gasteiger partial charge >= 0.3 is 0 Å². The number of hydrogen-bond acceptors (Lipinski definition) is 5. The van der Waals surface area contributed by atoms with Gasteiger partial charge in [-0.25, -0.2) is 0 Å². The van der Waals surface area contributed by atoms with E-state index in [0.29, 0.717) is 25.2 Å². The van der Waals surface area contributed by atoms with Crippen LogP contribution in [0.4, 0.5) is 0 Å². The molecule has 0 saturated carbocycles. The topological polar surface area (TPSA) is 78.7 Å². The van der Waals surface area contributed by atoms with Crippen molar-refractivity contribution < 1.29 is 14.1 Å². The van der Waals surface area contributed by atoms with E-state index in [9.17, 15) is 9.59 Å². The van der Waals surface area contributed by atoms with Crippen molar-refractivity contribution in [3.8, 4) is 0 Å². The summed E-state index contributed by atoms with van der Waals surface area (Å²) >= 11 is 0. The van der Waals surface area contributed by atoms with E-state index in [1.54, 1.807) is 6.07 Å². The van der Waals surface area contributed by atoms with Gasteiger partial charge in [-0.05, 0) is 31.4 Å². The zero-order valence-electron chi connectivity index (χ0n) is 17.6. The molecule has 3 rings (SSSR count). The number of rotatable bonds is 6. The van der Waals surface area contributed by atoms with Crippen molar-refractivity contribution in [3.05, 3.63) is 52.9 Å². The van der Waals surface area contributed by atoms with Gasteiger partial charge in [0.05, 0.1) is 12.2 Å². The van der Waals surface area contributed by atoms with Gasteiger partial charge in [-0.1, -0.05) is 37.2 Å². The molecule has 2 amide bonds. The molecule has 29 heavy (non-hydrogen) atoms. The maximum Gasteiger partial charge on any atom is 0.252 e. The minimum absolute atomic E-state index is 0.00525. The zero-order chi connectivity index (χ0) is 21.0. The fourth-order valence-corrected chi connectivity index (χ4v) is 3.59. The van der Waals surface area contributed by atoms with Crippen LogP contribution >= 0.6 is 0 Å². The van der Waals surface area contributed by atoms with Crippen LogP contribution in [0.25, 0.3) is 0 Å². The van der Waals surface area contributed by atoms with Crippen LogP contribution in [-0.2, 0) is 11.3 Å². The van der Waals surface area contributed by atoms with Gasteiger partial charge in [0, 0.05) is 37.8 Å². The second kappa shape index (κ2) is 9.22. The number of hydrogen-bond donors (Lipinski definition) is 1. The maximum absolute atomic E-state index is 13.1. The van der Waals surface area contributed by atoms with Crippen LogP contribution < -0.4 is 5.32 Å². The van der Waals surface area contributed by atoms with Crippen molar-refractivity contribution in [3.63, 3.8) is 0 Å². The highest BCUT2D eigenvalue weighted by Gasteiger charge is 2.31. The first-order valence-corrected chi connectivity index (χ1v) is 10.1. The van der Waals surface area contributed by atoms with Crippen molar-refractivity contribution in [2.75, 3.05) is 26.2 Å². The number of nitrogens with zero attached hydrogens (tertiary/aromatic N) is 3. The van der Waals surface area contributed by atoms with E-state index in [4.69, 9.17) is 4.52 Å². The largest absolute Gasteiger partial charge is 0.360 e. The normalized spacial score (nSPS) is 16.1. The molecule has 7 heteroatoms. The predicted octanol–water partition coefficient (Wildman–Crippen LogP) is 2.39. The summed E-state index contributed by atoms with van der Waals surface area (Å²) in [6.45, 7) is 11.2. The highest BCUT2D eigenvalue weighted by Crippen LogP contribution is 2.14. The van der Waals surface area contributed by atoms with Crippen molar-refractivity contribution in [2.45, 2.75) is 40.3 Å². The Morgan fingerprint density at radius 1 is 1.14 bits per heavy atom. The second-order valence-corrected chi connectivity index (χ2v) is 8.05. The SMILES string of the molecule is Cc1cc(CN2CCN(C(=O)C(NC(=O)c3ccccc3C)C(C)C)CC2)on1. The van der Waals surface area contributed by atoms with Crippen LogP contribution in [0.2, 0.25) is 0 Å². The molecule has 0 bridgehead atoms. The number of amides is 2. The molecule has 1 aliphatic heterocycles. The van der Waals surface area contributed by atoms with E-state index in [0.717, 1.165) is 30.1 Å². The molecule has 1 fully saturated rings. The lowest BCUT2D eigenvalue weighted by atomic mass is 10.0. The van der Waals surface area contributed by atoms with Gasteiger partial charge in [0.15, 0.2) is 5.76 Å². The molecule has 2 aromatic rings. The van der Waals surface area contributed by atoms with Crippen LogP contribution in [0.5, 0.6) is 0 Å². The first kappa shape index (κ1) is 21.0. The monoisotopic (exact) mass is 398 g/mol. The highest BCUT2D eigenvalue weighted by atomic mass is 16.5. The van der Waals surface area contributed by atoms with E-state index in [2.05, 4.69) is 15.4 Å². The van der Waals surface area contributed by atoms with Gasteiger partial charge in [0.25, 0.3) is 5.91 Å². The molecule has 1 aliphatic rings. The van der Waals surface area contributed by atoms with Gasteiger partial charge in [-0.15, -0.1) is 0 Å². The van der Waals surface area contributed by atoms with E-state index < -0.39 is 6.04 Å². The Labute approximate surface area is 172 Å². The number of carbonyl (C=O) groups is 2. The molecule has 1 aromatic carbocycles. The van der Waals surface area contributed by atoms with Crippen molar-refractivity contribution in [1.29, 1.82) is 0 Å². The number of piperazine rings is 1. The Morgan fingerprint density at radius 2 is 1.83 bits per heavy atom. The summed E-state index contributed by atoms with van der Waals surface area (Å²) in [4.78, 5) is 29.9. The summed E-state index contributed by atoms with van der Waals surface area (Å²) in [5.74, 6) is 0.630. The van der Waals surface area contributed by atoms with Crippen LogP contribution in [0, 0.1) is 19.8 Å². The highest BCUT2D eigenvalue weighted by molar-refractivity contribution is 5.98. The summed E-state index contributed by atoms with van der Waals surface area (Å²) in [5.41, 5.74) is 2.38. The van der Waals surface area contributed by atoms with E-state index in [-0.39, 0.29) is 17.7 Å². The molecule has 1 unspecified atom stereocenters. The molecule has 0 aliphatic carbocycles. The standard InChI is InChI=1S/C22H30N4O3/c1-15(2)20(23-21(27)19-8-6-5-7-16(19)3)22(28)26-11-9-25(10-12-26)14-18-13-17(4)24-29-18/h5-8,13,15,20H,9-12,14H2,1-4H3,(H,23,27). The Hall–Kier alpha value is -2.67. The minimum atomic E-state index is -0.537. The molecule has 0 radical (unpaired) electrons. The quantitative estimate of drug-likeness (QED) is 0.808. The molecule has 1 N–H and O–H groups in total. The second-order valence-electron chi connectivity index (χ2n) is 8.05. The van der Waals surface area contributed by atoms with Gasteiger partial charge in [-0.2, -0.15) is 0 Å². The predicted molar refractivity (Wildman–Crippen MR) is 110 cm³/mol. The molecule has 0 spiro atoms. The number of nitrogens with one attached hydrogen (secondary N) is 1. The van der Waals surface area contributed by atoms with Crippen LogP contribution in [0.3, 0.4) is 0 Å². The number of aryl methyl sites for hydroxylation is 2. The van der Waals surface area contributed by atoms with E-state index >= 15 is 0 Å². The minimum Gasteiger partial charge on any atom is -0.360 e.